The number of para-hydroxylation sites is 1. The van der Waals surface area contributed by atoms with Crippen LogP contribution in [0.2, 0.25) is 5.02 Å². The van der Waals surface area contributed by atoms with Gasteiger partial charge in [0.25, 0.3) is 0 Å². The summed E-state index contributed by atoms with van der Waals surface area (Å²) in [4.78, 5) is 0. The quantitative estimate of drug-likeness (QED) is 0.909. The molecule has 1 unspecified atom stereocenters. The van der Waals surface area contributed by atoms with Crippen molar-refractivity contribution in [1.82, 2.24) is 0 Å². The Hall–Kier alpha value is -1.51. The van der Waals surface area contributed by atoms with E-state index < -0.39 is 0 Å². The highest BCUT2D eigenvalue weighted by Gasteiger charge is 2.16. The Balaban J connectivity index is 1.59. The molecule has 1 aliphatic heterocycles. The van der Waals surface area contributed by atoms with Gasteiger partial charge in [-0.15, -0.1) is 0 Å². The lowest BCUT2D eigenvalue weighted by molar-refractivity contribution is 0.0449. The number of halogens is 1. The van der Waals surface area contributed by atoms with Crippen molar-refractivity contribution in [3.05, 3.63) is 64.7 Å². The molecule has 0 aromatic heterocycles. The van der Waals surface area contributed by atoms with E-state index in [0.717, 1.165) is 30.0 Å². The van der Waals surface area contributed by atoms with Crippen molar-refractivity contribution in [1.29, 1.82) is 0 Å². The van der Waals surface area contributed by atoms with Gasteiger partial charge in [0.15, 0.2) is 0 Å². The first-order valence-corrected chi connectivity index (χ1v) is 7.37. The van der Waals surface area contributed by atoms with Crippen LogP contribution in [0.25, 0.3) is 0 Å². The summed E-state index contributed by atoms with van der Waals surface area (Å²) in [6.45, 7) is 1.42. The highest BCUT2D eigenvalue weighted by Crippen LogP contribution is 2.23. The normalized spacial score (nSPS) is 17.9. The second-order valence-electron chi connectivity index (χ2n) is 5.10. The van der Waals surface area contributed by atoms with Crippen molar-refractivity contribution in [2.24, 2.45) is 0 Å². The molecule has 0 saturated carbocycles. The average molecular weight is 288 g/mol. The SMILES string of the molecule is Clc1ccccc1COC1CCc2ccccc2NC1. The van der Waals surface area contributed by atoms with Gasteiger partial charge in [0.2, 0.25) is 0 Å². The summed E-state index contributed by atoms with van der Waals surface area (Å²) in [6, 6.07) is 16.3. The molecule has 1 atom stereocenters. The van der Waals surface area contributed by atoms with E-state index in [1.165, 1.54) is 11.3 Å². The fraction of sp³-hybridized carbons (Fsp3) is 0.294. The molecule has 2 aromatic rings. The lowest BCUT2D eigenvalue weighted by Crippen LogP contribution is -2.21. The van der Waals surface area contributed by atoms with Crippen LogP contribution < -0.4 is 5.32 Å². The molecule has 1 heterocycles. The van der Waals surface area contributed by atoms with Crippen LogP contribution in [-0.4, -0.2) is 12.6 Å². The van der Waals surface area contributed by atoms with Crippen molar-refractivity contribution in [2.45, 2.75) is 25.6 Å². The fourth-order valence-electron chi connectivity index (χ4n) is 2.52. The Morgan fingerprint density at radius 3 is 2.80 bits per heavy atom. The van der Waals surface area contributed by atoms with E-state index >= 15 is 0 Å². The first kappa shape index (κ1) is 13.5. The van der Waals surface area contributed by atoms with Gasteiger partial charge in [-0.1, -0.05) is 48.0 Å². The lowest BCUT2D eigenvalue weighted by Gasteiger charge is -2.16. The Labute approximate surface area is 124 Å². The van der Waals surface area contributed by atoms with Crippen molar-refractivity contribution >= 4 is 17.3 Å². The molecular weight excluding hydrogens is 270 g/mol. The summed E-state index contributed by atoms with van der Waals surface area (Å²) in [5, 5.41) is 4.24. The highest BCUT2D eigenvalue weighted by atomic mass is 35.5. The van der Waals surface area contributed by atoms with Gasteiger partial charge in [-0.05, 0) is 36.1 Å². The molecule has 0 aliphatic carbocycles. The molecule has 104 valence electrons. The Bertz CT molecular complexity index is 558. The second-order valence-corrected chi connectivity index (χ2v) is 5.51. The first-order chi connectivity index (χ1) is 9.83. The van der Waals surface area contributed by atoms with Crippen molar-refractivity contribution in [2.75, 3.05) is 11.9 Å². The molecule has 2 aromatic carbocycles. The molecule has 0 bridgehead atoms. The van der Waals surface area contributed by atoms with Crippen LogP contribution in [0.3, 0.4) is 0 Å². The summed E-state index contributed by atoms with van der Waals surface area (Å²) in [5.74, 6) is 0. The third-order valence-electron chi connectivity index (χ3n) is 3.71. The van der Waals surface area contributed by atoms with Gasteiger partial charge in [-0.25, -0.2) is 0 Å². The lowest BCUT2D eigenvalue weighted by atomic mass is 10.1. The van der Waals surface area contributed by atoms with Gasteiger partial charge in [0.1, 0.15) is 0 Å². The standard InChI is InChI=1S/C17H18ClNO/c18-16-7-3-1-6-14(16)12-20-15-10-9-13-5-2-4-8-17(13)19-11-15/h1-8,15,19H,9-12H2. The number of anilines is 1. The first-order valence-electron chi connectivity index (χ1n) is 7.00. The monoisotopic (exact) mass is 287 g/mol. The second kappa shape index (κ2) is 6.29. The third-order valence-corrected chi connectivity index (χ3v) is 4.07. The van der Waals surface area contributed by atoms with Crippen LogP contribution in [0.1, 0.15) is 17.5 Å². The van der Waals surface area contributed by atoms with Crippen molar-refractivity contribution in [3.8, 4) is 0 Å². The van der Waals surface area contributed by atoms with Crippen LogP contribution in [-0.2, 0) is 17.8 Å². The Morgan fingerprint density at radius 1 is 1.10 bits per heavy atom. The van der Waals surface area contributed by atoms with Crippen LogP contribution in [0.5, 0.6) is 0 Å². The topological polar surface area (TPSA) is 21.3 Å². The predicted octanol–water partition coefficient (Wildman–Crippen LogP) is 4.28. The van der Waals surface area contributed by atoms with E-state index in [9.17, 15) is 0 Å². The molecule has 0 saturated heterocycles. The van der Waals surface area contributed by atoms with Crippen LogP contribution in [0, 0.1) is 0 Å². The molecule has 3 heteroatoms. The largest absolute Gasteiger partial charge is 0.382 e. The molecule has 0 amide bonds. The number of aryl methyl sites for hydroxylation is 1. The van der Waals surface area contributed by atoms with Gasteiger partial charge < -0.3 is 10.1 Å². The Kier molecular flexibility index (Phi) is 4.24. The molecule has 3 rings (SSSR count). The van der Waals surface area contributed by atoms with Crippen molar-refractivity contribution in [3.63, 3.8) is 0 Å². The maximum absolute atomic E-state index is 6.15. The van der Waals surface area contributed by atoms with E-state index in [-0.39, 0.29) is 6.10 Å². The third kappa shape index (κ3) is 3.14. The van der Waals surface area contributed by atoms with Gasteiger partial charge >= 0.3 is 0 Å². The zero-order valence-electron chi connectivity index (χ0n) is 11.3. The van der Waals surface area contributed by atoms with Gasteiger partial charge in [0, 0.05) is 17.3 Å². The number of benzene rings is 2. The van der Waals surface area contributed by atoms with E-state index in [1.807, 2.05) is 24.3 Å². The predicted molar refractivity (Wildman–Crippen MR) is 83.3 cm³/mol. The zero-order valence-corrected chi connectivity index (χ0v) is 12.1. The summed E-state index contributed by atoms with van der Waals surface area (Å²) in [5.41, 5.74) is 3.66. The minimum atomic E-state index is 0.221. The van der Waals surface area contributed by atoms with Gasteiger partial charge in [-0.3, -0.25) is 0 Å². The van der Waals surface area contributed by atoms with E-state index in [4.69, 9.17) is 16.3 Å². The number of hydrogen-bond donors (Lipinski definition) is 1. The smallest absolute Gasteiger partial charge is 0.0755 e. The maximum Gasteiger partial charge on any atom is 0.0755 e. The molecule has 20 heavy (non-hydrogen) atoms. The number of fused-ring (bicyclic) bond motifs is 1. The molecule has 1 N–H and O–H groups in total. The zero-order chi connectivity index (χ0) is 13.8. The highest BCUT2D eigenvalue weighted by molar-refractivity contribution is 6.31. The molecule has 0 fully saturated rings. The summed E-state index contributed by atoms with van der Waals surface area (Å²) < 4.78 is 6.01. The average Bonchev–Trinajstić information content (AvgIpc) is 2.69. The number of ether oxygens (including phenoxy) is 1. The minimum Gasteiger partial charge on any atom is -0.382 e. The van der Waals surface area contributed by atoms with Gasteiger partial charge in [0.05, 0.1) is 12.7 Å². The molecular formula is C17H18ClNO. The van der Waals surface area contributed by atoms with Crippen LogP contribution in [0.4, 0.5) is 5.69 Å². The van der Waals surface area contributed by atoms with Crippen LogP contribution >= 0.6 is 11.6 Å². The summed E-state index contributed by atoms with van der Waals surface area (Å²) in [6.07, 6.45) is 2.31. The van der Waals surface area contributed by atoms with Gasteiger partial charge in [-0.2, -0.15) is 0 Å². The Morgan fingerprint density at radius 2 is 1.90 bits per heavy atom. The number of rotatable bonds is 3. The molecule has 1 aliphatic rings. The minimum absolute atomic E-state index is 0.221. The van der Waals surface area contributed by atoms with E-state index in [0.29, 0.717) is 6.61 Å². The van der Waals surface area contributed by atoms with Crippen LogP contribution in [0.15, 0.2) is 48.5 Å². The maximum atomic E-state index is 6.15. The summed E-state index contributed by atoms with van der Waals surface area (Å²) >= 11 is 6.15. The summed E-state index contributed by atoms with van der Waals surface area (Å²) in [7, 11) is 0. The van der Waals surface area contributed by atoms with Crippen molar-refractivity contribution < 1.29 is 4.74 Å². The molecule has 2 nitrogen and oxygen atoms in total. The van der Waals surface area contributed by atoms with E-state index in [1.54, 1.807) is 0 Å². The number of nitrogens with one attached hydrogen (secondary N) is 1. The number of hydrogen-bond acceptors (Lipinski definition) is 2. The fourth-order valence-corrected chi connectivity index (χ4v) is 2.71. The van der Waals surface area contributed by atoms with E-state index in [2.05, 4.69) is 29.6 Å². The molecule has 0 spiro atoms. The molecule has 0 radical (unpaired) electrons.